The first-order valence-corrected chi connectivity index (χ1v) is 12.7. The van der Waals surface area contributed by atoms with Gasteiger partial charge in [-0.05, 0) is 56.3 Å². The number of likely N-dealkylation sites (tertiary alicyclic amines) is 1. The number of rotatable bonds is 7. The Balaban J connectivity index is 1.15. The summed E-state index contributed by atoms with van der Waals surface area (Å²) >= 11 is 0. The van der Waals surface area contributed by atoms with Crippen molar-refractivity contribution in [2.45, 2.75) is 83.1 Å². The molecule has 32 heavy (non-hydrogen) atoms. The zero-order valence-corrected chi connectivity index (χ0v) is 19.1. The SMILES string of the molecule is O=C1CCC(N2CC3CCC(CNC(=O)NCCCC4CCCCC4)CC3C2=O)C(=O)N1. The van der Waals surface area contributed by atoms with Gasteiger partial charge in [-0.1, -0.05) is 32.1 Å². The second-order valence-electron chi connectivity index (χ2n) is 10.3. The first-order chi connectivity index (χ1) is 15.5. The molecule has 178 valence electrons. The Morgan fingerprint density at radius 1 is 0.969 bits per heavy atom. The number of urea groups is 1. The average Bonchev–Trinajstić information content (AvgIpc) is 3.12. The van der Waals surface area contributed by atoms with Gasteiger partial charge < -0.3 is 15.5 Å². The van der Waals surface area contributed by atoms with E-state index in [9.17, 15) is 19.2 Å². The van der Waals surface area contributed by atoms with Gasteiger partial charge in [0.1, 0.15) is 6.04 Å². The van der Waals surface area contributed by atoms with E-state index in [-0.39, 0.29) is 47.9 Å². The summed E-state index contributed by atoms with van der Waals surface area (Å²) < 4.78 is 0. The number of nitrogens with zero attached hydrogens (tertiary/aromatic N) is 1. The lowest BCUT2D eigenvalue weighted by atomic mass is 9.75. The molecule has 8 nitrogen and oxygen atoms in total. The van der Waals surface area contributed by atoms with Crippen LogP contribution in [0.5, 0.6) is 0 Å². The van der Waals surface area contributed by atoms with Crippen molar-refractivity contribution in [2.75, 3.05) is 19.6 Å². The molecule has 0 radical (unpaired) electrons. The van der Waals surface area contributed by atoms with Crippen LogP contribution >= 0.6 is 0 Å². The number of piperidine rings is 1. The maximum absolute atomic E-state index is 13.0. The quantitative estimate of drug-likeness (QED) is 0.412. The summed E-state index contributed by atoms with van der Waals surface area (Å²) in [6.45, 7) is 1.91. The minimum Gasteiger partial charge on any atom is -0.338 e. The van der Waals surface area contributed by atoms with Crippen molar-refractivity contribution >= 4 is 23.8 Å². The molecular weight excluding hydrogens is 408 g/mol. The van der Waals surface area contributed by atoms with Gasteiger partial charge in [0.05, 0.1) is 0 Å². The van der Waals surface area contributed by atoms with Crippen LogP contribution in [0, 0.1) is 23.7 Å². The smallest absolute Gasteiger partial charge is 0.314 e. The Labute approximate surface area is 190 Å². The highest BCUT2D eigenvalue weighted by molar-refractivity contribution is 6.02. The van der Waals surface area contributed by atoms with E-state index in [4.69, 9.17) is 0 Å². The monoisotopic (exact) mass is 446 g/mol. The van der Waals surface area contributed by atoms with Crippen molar-refractivity contribution in [1.82, 2.24) is 20.9 Å². The molecule has 4 aliphatic rings. The fourth-order valence-corrected chi connectivity index (χ4v) is 6.21. The molecule has 0 spiro atoms. The van der Waals surface area contributed by atoms with Crippen LogP contribution in [0.4, 0.5) is 4.79 Å². The lowest BCUT2D eigenvalue weighted by Gasteiger charge is -2.30. The normalized spacial score (nSPS) is 31.2. The molecule has 4 fully saturated rings. The van der Waals surface area contributed by atoms with E-state index >= 15 is 0 Å². The van der Waals surface area contributed by atoms with Crippen molar-refractivity contribution < 1.29 is 19.2 Å². The molecule has 3 N–H and O–H groups in total. The lowest BCUT2D eigenvalue weighted by molar-refractivity contribution is -0.144. The molecule has 5 amide bonds. The largest absolute Gasteiger partial charge is 0.338 e. The second kappa shape index (κ2) is 10.7. The maximum Gasteiger partial charge on any atom is 0.314 e. The summed E-state index contributed by atoms with van der Waals surface area (Å²) in [5.74, 6) is 0.779. The van der Waals surface area contributed by atoms with Crippen LogP contribution in [0.1, 0.15) is 77.0 Å². The number of imide groups is 1. The molecule has 2 aliphatic carbocycles. The number of fused-ring (bicyclic) bond motifs is 1. The maximum atomic E-state index is 13.0. The van der Waals surface area contributed by atoms with E-state index in [1.54, 1.807) is 4.90 Å². The summed E-state index contributed by atoms with van der Waals surface area (Å²) in [7, 11) is 0. The van der Waals surface area contributed by atoms with Crippen molar-refractivity contribution in [1.29, 1.82) is 0 Å². The lowest BCUT2D eigenvalue weighted by Crippen LogP contribution is -2.53. The Hall–Kier alpha value is -2.12. The van der Waals surface area contributed by atoms with Gasteiger partial charge in [-0.2, -0.15) is 0 Å². The zero-order valence-electron chi connectivity index (χ0n) is 19.1. The fraction of sp³-hybridized carbons (Fsp3) is 0.833. The molecule has 4 atom stereocenters. The van der Waals surface area contributed by atoms with Crippen molar-refractivity contribution in [3.8, 4) is 0 Å². The number of carbonyl (C=O) groups is 4. The summed E-state index contributed by atoms with van der Waals surface area (Å²) in [5, 5.41) is 8.34. The van der Waals surface area contributed by atoms with E-state index in [1.807, 2.05) is 0 Å². The number of hydrogen-bond donors (Lipinski definition) is 3. The highest BCUT2D eigenvalue weighted by Gasteiger charge is 2.48. The number of hydrogen-bond acceptors (Lipinski definition) is 4. The predicted molar refractivity (Wildman–Crippen MR) is 119 cm³/mol. The third-order valence-corrected chi connectivity index (χ3v) is 8.07. The molecule has 2 saturated carbocycles. The van der Waals surface area contributed by atoms with Crippen LogP contribution < -0.4 is 16.0 Å². The molecule has 2 saturated heterocycles. The Morgan fingerprint density at radius 2 is 1.78 bits per heavy atom. The van der Waals surface area contributed by atoms with Gasteiger partial charge in [0.25, 0.3) is 0 Å². The van der Waals surface area contributed by atoms with Crippen molar-refractivity contribution in [2.24, 2.45) is 23.7 Å². The number of carbonyl (C=O) groups excluding carboxylic acids is 4. The van der Waals surface area contributed by atoms with Gasteiger partial charge in [0.15, 0.2) is 0 Å². The summed E-state index contributed by atoms with van der Waals surface area (Å²) in [5.41, 5.74) is 0. The standard InChI is InChI=1S/C24H38N4O4/c29-21-11-10-20(22(30)27-21)28-15-18-9-8-17(13-19(18)23(28)31)14-26-24(32)25-12-4-7-16-5-2-1-3-6-16/h16-20H,1-15H2,(H2,25,26,32)(H,27,29,30). The molecular formula is C24H38N4O4. The van der Waals surface area contributed by atoms with Gasteiger partial charge >= 0.3 is 6.03 Å². The first kappa shape index (κ1) is 23.1. The second-order valence-corrected chi connectivity index (χ2v) is 10.3. The van der Waals surface area contributed by atoms with E-state index in [0.717, 1.165) is 38.1 Å². The van der Waals surface area contributed by atoms with Crippen LogP contribution in [0.2, 0.25) is 0 Å². The minimum atomic E-state index is -0.512. The van der Waals surface area contributed by atoms with Gasteiger partial charge in [-0.3, -0.25) is 19.7 Å². The Morgan fingerprint density at radius 3 is 2.56 bits per heavy atom. The van der Waals surface area contributed by atoms with Gasteiger partial charge in [0, 0.05) is 32.0 Å². The number of amides is 5. The zero-order chi connectivity index (χ0) is 22.5. The van der Waals surface area contributed by atoms with E-state index in [2.05, 4.69) is 16.0 Å². The summed E-state index contributed by atoms with van der Waals surface area (Å²) in [6.07, 6.45) is 12.4. The fourth-order valence-electron chi connectivity index (χ4n) is 6.21. The highest BCUT2D eigenvalue weighted by Crippen LogP contribution is 2.41. The molecule has 0 bridgehead atoms. The van der Waals surface area contributed by atoms with Crippen molar-refractivity contribution in [3.63, 3.8) is 0 Å². The first-order valence-electron chi connectivity index (χ1n) is 12.7. The Kier molecular flexibility index (Phi) is 7.68. The van der Waals surface area contributed by atoms with Crippen LogP contribution in [0.3, 0.4) is 0 Å². The van der Waals surface area contributed by atoms with E-state index in [0.29, 0.717) is 19.5 Å². The average molecular weight is 447 g/mol. The van der Waals surface area contributed by atoms with E-state index < -0.39 is 6.04 Å². The summed E-state index contributed by atoms with van der Waals surface area (Å²) in [6, 6.07) is -0.625. The molecule has 4 unspecified atom stereocenters. The third kappa shape index (κ3) is 5.62. The van der Waals surface area contributed by atoms with Gasteiger partial charge in [0.2, 0.25) is 17.7 Å². The van der Waals surface area contributed by atoms with Crippen LogP contribution in [-0.2, 0) is 14.4 Å². The van der Waals surface area contributed by atoms with Gasteiger partial charge in [-0.25, -0.2) is 4.79 Å². The molecule has 0 aromatic heterocycles. The molecule has 0 aromatic carbocycles. The molecule has 0 aromatic rings. The van der Waals surface area contributed by atoms with Crippen LogP contribution in [0.25, 0.3) is 0 Å². The van der Waals surface area contributed by atoms with Crippen LogP contribution in [0.15, 0.2) is 0 Å². The minimum absolute atomic E-state index is 0.0429. The third-order valence-electron chi connectivity index (χ3n) is 8.07. The number of nitrogens with one attached hydrogen (secondary N) is 3. The summed E-state index contributed by atoms with van der Waals surface area (Å²) in [4.78, 5) is 50.5. The Bertz CT molecular complexity index is 721. The molecule has 2 aliphatic heterocycles. The highest BCUT2D eigenvalue weighted by atomic mass is 16.2. The van der Waals surface area contributed by atoms with Crippen LogP contribution in [-0.4, -0.2) is 54.3 Å². The topological polar surface area (TPSA) is 108 Å². The molecule has 8 heteroatoms. The molecule has 2 heterocycles. The van der Waals surface area contributed by atoms with Crippen molar-refractivity contribution in [3.05, 3.63) is 0 Å². The molecule has 4 rings (SSSR count). The van der Waals surface area contributed by atoms with E-state index in [1.165, 1.54) is 38.5 Å². The predicted octanol–water partition coefficient (Wildman–Crippen LogP) is 2.33. The van der Waals surface area contributed by atoms with Gasteiger partial charge in [-0.15, -0.1) is 0 Å².